The standard InChI is InChI=1S/C16H20N4O3/c1-12-6-8-18(10-14(12)19-9-7-17-11-19)13-4-3-5-15(23-2)16(13)20(21)22/h3-5,7,9,11-12,14H,6,8,10H2,1-2H3/t12-,14+/m1/s1. The molecule has 0 spiro atoms. The molecule has 2 heterocycles. The lowest BCUT2D eigenvalue weighted by atomic mass is 9.92. The van der Waals surface area contributed by atoms with Gasteiger partial charge in [0, 0.05) is 25.5 Å². The predicted octanol–water partition coefficient (Wildman–Crippen LogP) is 2.89. The van der Waals surface area contributed by atoms with Crippen LogP contribution in [0.5, 0.6) is 5.75 Å². The second-order valence-electron chi connectivity index (χ2n) is 5.87. The van der Waals surface area contributed by atoms with Gasteiger partial charge in [-0.25, -0.2) is 4.98 Å². The van der Waals surface area contributed by atoms with Crippen molar-refractivity contribution in [3.63, 3.8) is 0 Å². The Bertz CT molecular complexity index is 687. The van der Waals surface area contributed by atoms with Crippen LogP contribution in [-0.4, -0.2) is 34.7 Å². The molecule has 0 bridgehead atoms. The Morgan fingerprint density at radius 1 is 1.43 bits per heavy atom. The summed E-state index contributed by atoms with van der Waals surface area (Å²) in [6.07, 6.45) is 6.49. The van der Waals surface area contributed by atoms with Crippen LogP contribution in [0.15, 0.2) is 36.9 Å². The molecule has 1 aromatic carbocycles. The average Bonchev–Trinajstić information content (AvgIpc) is 3.08. The van der Waals surface area contributed by atoms with Gasteiger partial charge in [0.1, 0.15) is 5.69 Å². The fraction of sp³-hybridized carbons (Fsp3) is 0.438. The maximum absolute atomic E-state index is 11.5. The van der Waals surface area contributed by atoms with E-state index in [0.717, 1.165) is 13.0 Å². The van der Waals surface area contributed by atoms with E-state index in [0.29, 0.717) is 23.9 Å². The van der Waals surface area contributed by atoms with Gasteiger partial charge in [-0.05, 0) is 24.5 Å². The number of hydrogen-bond acceptors (Lipinski definition) is 5. The minimum atomic E-state index is -0.363. The van der Waals surface area contributed by atoms with E-state index in [1.165, 1.54) is 7.11 Å². The van der Waals surface area contributed by atoms with Crippen molar-refractivity contribution in [2.24, 2.45) is 5.92 Å². The third-order valence-electron chi connectivity index (χ3n) is 4.55. The highest BCUT2D eigenvalue weighted by molar-refractivity contribution is 5.70. The number of hydrogen-bond donors (Lipinski definition) is 0. The highest BCUT2D eigenvalue weighted by Crippen LogP contribution is 2.40. The van der Waals surface area contributed by atoms with Crippen molar-refractivity contribution >= 4 is 11.4 Å². The van der Waals surface area contributed by atoms with E-state index < -0.39 is 0 Å². The fourth-order valence-corrected chi connectivity index (χ4v) is 3.24. The molecule has 1 fully saturated rings. The van der Waals surface area contributed by atoms with Gasteiger partial charge in [-0.3, -0.25) is 10.1 Å². The number of nitro groups is 1. The Morgan fingerprint density at radius 3 is 2.91 bits per heavy atom. The van der Waals surface area contributed by atoms with Gasteiger partial charge in [-0.15, -0.1) is 0 Å². The zero-order chi connectivity index (χ0) is 16.4. The van der Waals surface area contributed by atoms with Gasteiger partial charge < -0.3 is 14.2 Å². The molecule has 3 rings (SSSR count). The molecule has 0 radical (unpaired) electrons. The van der Waals surface area contributed by atoms with E-state index in [2.05, 4.69) is 21.4 Å². The van der Waals surface area contributed by atoms with E-state index in [1.807, 2.05) is 12.5 Å². The van der Waals surface area contributed by atoms with Crippen molar-refractivity contribution in [3.05, 3.63) is 47.0 Å². The van der Waals surface area contributed by atoms with Gasteiger partial charge in [0.05, 0.1) is 24.4 Å². The molecule has 0 aliphatic carbocycles. The first-order valence-corrected chi connectivity index (χ1v) is 7.65. The largest absolute Gasteiger partial charge is 0.490 e. The van der Waals surface area contributed by atoms with Crippen LogP contribution < -0.4 is 9.64 Å². The first kappa shape index (κ1) is 15.3. The van der Waals surface area contributed by atoms with Crippen LogP contribution in [0.1, 0.15) is 19.4 Å². The molecule has 1 aromatic heterocycles. The molecule has 0 N–H and O–H groups in total. The second-order valence-corrected chi connectivity index (χ2v) is 5.87. The molecule has 7 nitrogen and oxygen atoms in total. The summed E-state index contributed by atoms with van der Waals surface area (Å²) < 4.78 is 7.26. The SMILES string of the molecule is COc1cccc(N2CC[C@@H](C)[C@@H](n3ccnc3)C2)c1[N+](=O)[O-]. The van der Waals surface area contributed by atoms with Crippen LogP contribution in [0.2, 0.25) is 0 Å². The predicted molar refractivity (Wildman–Crippen MR) is 86.9 cm³/mol. The highest BCUT2D eigenvalue weighted by Gasteiger charge is 2.32. The molecule has 23 heavy (non-hydrogen) atoms. The van der Waals surface area contributed by atoms with Gasteiger partial charge in [0.2, 0.25) is 0 Å². The maximum atomic E-state index is 11.5. The Balaban J connectivity index is 1.94. The smallest absolute Gasteiger partial charge is 0.333 e. The number of methoxy groups -OCH3 is 1. The normalized spacial score (nSPS) is 21.2. The van der Waals surface area contributed by atoms with Crippen molar-refractivity contribution in [2.75, 3.05) is 25.1 Å². The number of para-hydroxylation sites is 1. The monoisotopic (exact) mass is 316 g/mol. The molecular weight excluding hydrogens is 296 g/mol. The lowest BCUT2D eigenvalue weighted by Crippen LogP contribution is -2.40. The van der Waals surface area contributed by atoms with E-state index in [1.54, 1.807) is 24.4 Å². The zero-order valence-electron chi connectivity index (χ0n) is 13.3. The first-order chi connectivity index (χ1) is 11.1. The summed E-state index contributed by atoms with van der Waals surface area (Å²) in [7, 11) is 1.46. The number of imidazole rings is 1. The molecule has 1 aliphatic rings. The molecule has 1 saturated heterocycles. The van der Waals surface area contributed by atoms with E-state index in [4.69, 9.17) is 4.74 Å². The number of benzene rings is 1. The Kier molecular flexibility index (Phi) is 4.18. The van der Waals surface area contributed by atoms with E-state index in [-0.39, 0.29) is 16.7 Å². The number of nitrogens with zero attached hydrogens (tertiary/aromatic N) is 4. The topological polar surface area (TPSA) is 73.4 Å². The molecule has 1 aliphatic heterocycles. The molecule has 7 heteroatoms. The summed E-state index contributed by atoms with van der Waals surface area (Å²) in [5, 5.41) is 11.5. The van der Waals surface area contributed by atoms with Crippen molar-refractivity contribution < 1.29 is 9.66 Å². The summed E-state index contributed by atoms with van der Waals surface area (Å²) in [5.41, 5.74) is 0.653. The lowest BCUT2D eigenvalue weighted by molar-refractivity contribution is -0.385. The number of aromatic nitrogens is 2. The van der Waals surface area contributed by atoms with Gasteiger partial charge in [-0.1, -0.05) is 13.0 Å². The van der Waals surface area contributed by atoms with Crippen LogP contribution in [0.25, 0.3) is 0 Å². The zero-order valence-corrected chi connectivity index (χ0v) is 13.3. The number of ether oxygens (including phenoxy) is 1. The number of rotatable bonds is 4. The van der Waals surface area contributed by atoms with Crippen molar-refractivity contribution in [3.8, 4) is 5.75 Å². The van der Waals surface area contributed by atoms with Gasteiger partial charge in [0.15, 0.2) is 5.75 Å². The van der Waals surface area contributed by atoms with Crippen LogP contribution in [0, 0.1) is 16.0 Å². The van der Waals surface area contributed by atoms with E-state index in [9.17, 15) is 10.1 Å². The maximum Gasteiger partial charge on any atom is 0.333 e. The molecular formula is C16H20N4O3. The highest BCUT2D eigenvalue weighted by atomic mass is 16.6. The Labute approximate surface area is 134 Å². The number of anilines is 1. The van der Waals surface area contributed by atoms with Crippen molar-refractivity contribution in [2.45, 2.75) is 19.4 Å². The van der Waals surface area contributed by atoms with E-state index >= 15 is 0 Å². The molecule has 2 aromatic rings. The quantitative estimate of drug-likeness (QED) is 0.640. The van der Waals surface area contributed by atoms with Crippen molar-refractivity contribution in [1.29, 1.82) is 0 Å². The molecule has 2 atom stereocenters. The number of piperidine rings is 1. The average molecular weight is 316 g/mol. The summed E-state index contributed by atoms with van der Waals surface area (Å²) in [6, 6.07) is 5.46. The van der Waals surface area contributed by atoms with Gasteiger partial charge >= 0.3 is 5.69 Å². The van der Waals surface area contributed by atoms with Crippen LogP contribution in [0.3, 0.4) is 0 Å². The van der Waals surface area contributed by atoms with Gasteiger partial charge in [0.25, 0.3) is 0 Å². The minimum Gasteiger partial charge on any atom is -0.490 e. The van der Waals surface area contributed by atoms with Crippen LogP contribution >= 0.6 is 0 Å². The molecule has 0 amide bonds. The molecule has 122 valence electrons. The van der Waals surface area contributed by atoms with Crippen molar-refractivity contribution in [1.82, 2.24) is 9.55 Å². The van der Waals surface area contributed by atoms with Crippen LogP contribution in [-0.2, 0) is 0 Å². The number of nitro benzene ring substituents is 1. The first-order valence-electron chi connectivity index (χ1n) is 7.65. The Hall–Kier alpha value is -2.57. The summed E-state index contributed by atoms with van der Waals surface area (Å²) >= 11 is 0. The third-order valence-corrected chi connectivity index (χ3v) is 4.55. The lowest BCUT2D eigenvalue weighted by Gasteiger charge is -2.38. The summed E-state index contributed by atoms with van der Waals surface area (Å²) in [6.45, 7) is 3.72. The summed E-state index contributed by atoms with van der Waals surface area (Å²) in [4.78, 5) is 17.3. The molecule has 0 unspecified atom stereocenters. The second kappa shape index (κ2) is 6.28. The minimum absolute atomic E-state index is 0.0361. The third kappa shape index (κ3) is 2.86. The molecule has 0 saturated carbocycles. The Morgan fingerprint density at radius 2 is 2.26 bits per heavy atom. The van der Waals surface area contributed by atoms with Gasteiger partial charge in [-0.2, -0.15) is 0 Å². The summed E-state index contributed by atoms with van der Waals surface area (Å²) in [5.74, 6) is 0.787. The fourth-order valence-electron chi connectivity index (χ4n) is 3.24. The van der Waals surface area contributed by atoms with Crippen LogP contribution in [0.4, 0.5) is 11.4 Å².